The fourth-order valence-electron chi connectivity index (χ4n) is 3.10. The second-order valence-electron chi connectivity index (χ2n) is 6.20. The van der Waals surface area contributed by atoms with Gasteiger partial charge in [-0.25, -0.2) is 9.59 Å². The summed E-state index contributed by atoms with van der Waals surface area (Å²) in [7, 11) is 2.32. The third-order valence-corrected chi connectivity index (χ3v) is 5.10. The largest absolute Gasteiger partial charge is 0.466 e. The van der Waals surface area contributed by atoms with Gasteiger partial charge in [-0.2, -0.15) is 0 Å². The van der Waals surface area contributed by atoms with Crippen LogP contribution in [0.15, 0.2) is 46.6 Å². The number of halogens is 1. The highest BCUT2D eigenvalue weighted by Crippen LogP contribution is 2.38. The molecule has 8 heteroatoms. The molecule has 2 aromatic carbocycles. The number of aryl methyl sites for hydroxylation is 1. The number of esters is 2. The molecule has 0 aromatic heterocycles. The van der Waals surface area contributed by atoms with Crippen LogP contribution in [0.5, 0.6) is 0 Å². The number of nitrogens with one attached hydrogen (secondary N) is 1. The highest BCUT2D eigenvalue weighted by molar-refractivity contribution is 9.10. The molecule has 7 nitrogen and oxygen atoms in total. The molecule has 0 radical (unpaired) electrons. The van der Waals surface area contributed by atoms with E-state index < -0.39 is 11.9 Å². The van der Waals surface area contributed by atoms with Gasteiger partial charge in [0.05, 0.1) is 37.1 Å². The fraction of sp³-hybridized carbons (Fsp3) is 0.143. The van der Waals surface area contributed by atoms with Crippen LogP contribution < -0.4 is 5.32 Å². The zero-order valence-corrected chi connectivity index (χ0v) is 17.4. The number of hydrogen-bond donors (Lipinski definition) is 1. The number of carbonyl (C=O) groups is 4. The minimum atomic E-state index is -0.832. The van der Waals surface area contributed by atoms with Crippen molar-refractivity contribution in [2.45, 2.75) is 6.92 Å². The monoisotopic (exact) mass is 457 g/mol. The smallest absolute Gasteiger partial charge is 0.354 e. The maximum absolute atomic E-state index is 13.2. The second-order valence-corrected chi connectivity index (χ2v) is 7.06. The van der Waals surface area contributed by atoms with Crippen LogP contribution in [0.25, 0.3) is 0 Å². The maximum Gasteiger partial charge on any atom is 0.354 e. The number of carbonyl (C=O) groups excluding carboxylic acids is 4. The van der Waals surface area contributed by atoms with Crippen molar-refractivity contribution >= 4 is 45.1 Å². The van der Waals surface area contributed by atoms with Crippen LogP contribution in [0.3, 0.4) is 0 Å². The van der Waals surface area contributed by atoms with Gasteiger partial charge in [0.2, 0.25) is 0 Å². The van der Waals surface area contributed by atoms with Gasteiger partial charge in [-0.3, -0.25) is 9.59 Å². The Bertz CT molecular complexity index is 1100. The molecule has 1 aliphatic rings. The van der Waals surface area contributed by atoms with Gasteiger partial charge in [0.15, 0.2) is 11.6 Å². The topological polar surface area (TPSA) is 98.8 Å². The molecular formula is C21H16BrNO6. The number of benzene rings is 2. The molecule has 2 aromatic rings. The molecule has 0 amide bonds. The van der Waals surface area contributed by atoms with Crippen LogP contribution in [0, 0.1) is 6.92 Å². The first-order chi connectivity index (χ1) is 13.8. The van der Waals surface area contributed by atoms with Crippen molar-refractivity contribution < 1.29 is 28.7 Å². The van der Waals surface area contributed by atoms with Gasteiger partial charge < -0.3 is 14.8 Å². The van der Waals surface area contributed by atoms with Gasteiger partial charge in [-0.15, -0.1) is 0 Å². The maximum atomic E-state index is 13.2. The Morgan fingerprint density at radius 3 is 2.14 bits per heavy atom. The zero-order chi connectivity index (χ0) is 21.3. The second kappa shape index (κ2) is 8.00. The molecule has 1 aliphatic carbocycles. The SMILES string of the molecule is COC(=O)/C=C(/Nc1c(C)cc(Br)c2c1C(=O)c1ccccc1C2=O)C(=O)OC. The first-order valence-corrected chi connectivity index (χ1v) is 9.26. The molecular weight excluding hydrogens is 442 g/mol. The number of rotatable bonds is 4. The van der Waals surface area contributed by atoms with Crippen molar-refractivity contribution in [3.8, 4) is 0 Å². The van der Waals surface area contributed by atoms with E-state index in [-0.39, 0.29) is 39.6 Å². The molecule has 0 unspecified atom stereocenters. The number of ketones is 2. The molecule has 0 spiro atoms. The van der Waals surface area contributed by atoms with E-state index in [2.05, 4.69) is 26.0 Å². The number of fused-ring (bicyclic) bond motifs is 2. The molecule has 0 heterocycles. The summed E-state index contributed by atoms with van der Waals surface area (Å²) < 4.78 is 9.73. The third-order valence-electron chi connectivity index (χ3n) is 4.48. The first kappa shape index (κ1) is 20.5. The lowest BCUT2D eigenvalue weighted by molar-refractivity contribution is -0.138. The Kier molecular flexibility index (Phi) is 5.65. The Morgan fingerprint density at radius 2 is 1.59 bits per heavy atom. The normalized spacial score (nSPS) is 12.8. The van der Waals surface area contributed by atoms with E-state index in [1.165, 1.54) is 7.11 Å². The van der Waals surface area contributed by atoms with Gasteiger partial charge in [0.25, 0.3) is 0 Å². The van der Waals surface area contributed by atoms with Crippen LogP contribution in [0.4, 0.5) is 5.69 Å². The summed E-state index contributed by atoms with van der Waals surface area (Å²) in [5.41, 5.74) is 1.45. The van der Waals surface area contributed by atoms with E-state index in [9.17, 15) is 19.2 Å². The average molecular weight is 458 g/mol. The number of hydrogen-bond acceptors (Lipinski definition) is 7. The molecule has 29 heavy (non-hydrogen) atoms. The van der Waals surface area contributed by atoms with Crippen LogP contribution in [0.1, 0.15) is 37.4 Å². The van der Waals surface area contributed by atoms with Crippen molar-refractivity contribution in [3.05, 3.63) is 74.4 Å². The summed E-state index contributed by atoms with van der Waals surface area (Å²) in [4.78, 5) is 50.1. The van der Waals surface area contributed by atoms with Crippen LogP contribution >= 0.6 is 15.9 Å². The van der Waals surface area contributed by atoms with E-state index in [1.807, 2.05) is 0 Å². The summed E-state index contributed by atoms with van der Waals surface area (Å²) in [6, 6.07) is 8.18. The van der Waals surface area contributed by atoms with Gasteiger partial charge >= 0.3 is 11.9 Å². The number of anilines is 1. The van der Waals surface area contributed by atoms with Gasteiger partial charge in [0.1, 0.15) is 5.70 Å². The Labute approximate surface area is 174 Å². The molecule has 0 aliphatic heterocycles. The summed E-state index contributed by atoms with van der Waals surface area (Å²) >= 11 is 3.37. The van der Waals surface area contributed by atoms with Gasteiger partial charge in [-0.05, 0) is 34.5 Å². The van der Waals surface area contributed by atoms with Crippen molar-refractivity contribution in [3.63, 3.8) is 0 Å². The molecule has 3 rings (SSSR count). The van der Waals surface area contributed by atoms with Crippen molar-refractivity contribution in [1.29, 1.82) is 0 Å². The minimum Gasteiger partial charge on any atom is -0.466 e. The fourth-order valence-corrected chi connectivity index (χ4v) is 3.82. The number of ether oxygens (including phenoxy) is 2. The standard InChI is InChI=1S/C21H16BrNO6/c1-10-8-13(22)16-17(20(26)12-7-5-4-6-11(12)19(16)25)18(10)23-14(21(27)29-3)9-15(24)28-2/h4-9,23H,1-3H3/b14-9+. The van der Waals surface area contributed by atoms with E-state index in [0.29, 0.717) is 15.6 Å². The van der Waals surface area contributed by atoms with Crippen LogP contribution in [-0.4, -0.2) is 37.7 Å². The Balaban J connectivity index is 2.23. The summed E-state index contributed by atoms with van der Waals surface area (Å²) in [5.74, 6) is -2.30. The highest BCUT2D eigenvalue weighted by Gasteiger charge is 2.34. The summed E-state index contributed by atoms with van der Waals surface area (Å²) in [6.07, 6.45) is 0.919. The lowest BCUT2D eigenvalue weighted by Gasteiger charge is -2.24. The lowest BCUT2D eigenvalue weighted by atomic mass is 9.82. The molecule has 148 valence electrons. The third kappa shape index (κ3) is 3.58. The van der Waals surface area contributed by atoms with Crippen LogP contribution in [0.2, 0.25) is 0 Å². The Morgan fingerprint density at radius 1 is 1.00 bits per heavy atom. The molecule has 0 saturated heterocycles. The zero-order valence-electron chi connectivity index (χ0n) is 15.8. The molecule has 0 bridgehead atoms. The highest BCUT2D eigenvalue weighted by atomic mass is 79.9. The van der Waals surface area contributed by atoms with E-state index in [1.54, 1.807) is 37.3 Å². The Hall–Kier alpha value is -3.26. The quantitative estimate of drug-likeness (QED) is 0.474. The van der Waals surface area contributed by atoms with E-state index >= 15 is 0 Å². The van der Waals surface area contributed by atoms with Crippen molar-refractivity contribution in [2.75, 3.05) is 19.5 Å². The molecule has 1 N–H and O–H groups in total. The molecule has 0 atom stereocenters. The minimum absolute atomic E-state index is 0.111. The lowest BCUT2D eigenvalue weighted by Crippen LogP contribution is -2.25. The molecule has 0 fully saturated rings. The number of methoxy groups -OCH3 is 2. The van der Waals surface area contributed by atoms with Crippen molar-refractivity contribution in [1.82, 2.24) is 0 Å². The van der Waals surface area contributed by atoms with Crippen molar-refractivity contribution in [2.24, 2.45) is 0 Å². The van der Waals surface area contributed by atoms with E-state index in [0.717, 1.165) is 13.2 Å². The summed E-state index contributed by atoms with van der Waals surface area (Å²) in [5, 5.41) is 2.79. The van der Waals surface area contributed by atoms with Gasteiger partial charge in [-0.1, -0.05) is 24.3 Å². The predicted octanol–water partition coefficient (Wildman–Crippen LogP) is 3.17. The van der Waals surface area contributed by atoms with E-state index in [4.69, 9.17) is 4.74 Å². The summed E-state index contributed by atoms with van der Waals surface area (Å²) in [6.45, 7) is 1.71. The predicted molar refractivity (Wildman–Crippen MR) is 108 cm³/mol. The first-order valence-electron chi connectivity index (χ1n) is 8.46. The van der Waals surface area contributed by atoms with Crippen LogP contribution in [-0.2, 0) is 19.1 Å². The van der Waals surface area contributed by atoms with Gasteiger partial charge in [0, 0.05) is 15.6 Å². The average Bonchev–Trinajstić information content (AvgIpc) is 2.72. The molecule has 0 saturated carbocycles.